The van der Waals surface area contributed by atoms with Gasteiger partial charge in [0.2, 0.25) is 5.91 Å². The van der Waals surface area contributed by atoms with Gasteiger partial charge < -0.3 is 21.4 Å². The Morgan fingerprint density at radius 3 is 2.59 bits per heavy atom. The number of nitrogens with one attached hydrogen (secondary N) is 1. The van der Waals surface area contributed by atoms with Crippen molar-refractivity contribution in [3.63, 3.8) is 0 Å². The van der Waals surface area contributed by atoms with Crippen LogP contribution in [0.5, 0.6) is 0 Å². The molecule has 6 nitrogen and oxygen atoms in total. The SMILES string of the molecule is NNc1ccc(C(O)C(O)CC(N)=O)cc1F. The van der Waals surface area contributed by atoms with Gasteiger partial charge in [0.05, 0.1) is 18.2 Å². The third-order valence-electron chi connectivity index (χ3n) is 2.26. The minimum atomic E-state index is -1.39. The first-order valence-electron chi connectivity index (χ1n) is 4.86. The number of aliphatic hydroxyl groups excluding tert-OH is 2. The summed E-state index contributed by atoms with van der Waals surface area (Å²) in [5.74, 6) is 3.62. The quantitative estimate of drug-likeness (QED) is 0.348. The van der Waals surface area contributed by atoms with Crippen LogP contribution in [0.15, 0.2) is 18.2 Å². The highest BCUT2D eigenvalue weighted by atomic mass is 19.1. The fourth-order valence-corrected chi connectivity index (χ4v) is 1.37. The van der Waals surface area contributed by atoms with E-state index in [1.165, 1.54) is 12.1 Å². The van der Waals surface area contributed by atoms with Gasteiger partial charge in [0.15, 0.2) is 0 Å². The number of anilines is 1. The van der Waals surface area contributed by atoms with E-state index in [-0.39, 0.29) is 11.3 Å². The zero-order chi connectivity index (χ0) is 13.0. The smallest absolute Gasteiger partial charge is 0.220 e. The van der Waals surface area contributed by atoms with Crippen molar-refractivity contribution in [2.24, 2.45) is 11.6 Å². The minimum Gasteiger partial charge on any atom is -0.390 e. The molecule has 0 spiro atoms. The number of hydrogen-bond acceptors (Lipinski definition) is 5. The highest BCUT2D eigenvalue weighted by molar-refractivity contribution is 5.74. The lowest BCUT2D eigenvalue weighted by molar-refractivity contribution is -0.121. The average Bonchev–Trinajstić information content (AvgIpc) is 2.27. The molecule has 1 amide bonds. The number of carbonyl (C=O) groups is 1. The van der Waals surface area contributed by atoms with Crippen molar-refractivity contribution in [3.8, 4) is 0 Å². The van der Waals surface area contributed by atoms with E-state index >= 15 is 0 Å². The van der Waals surface area contributed by atoms with E-state index in [0.29, 0.717) is 0 Å². The first-order chi connectivity index (χ1) is 7.95. The number of rotatable bonds is 5. The van der Waals surface area contributed by atoms with Crippen molar-refractivity contribution in [2.75, 3.05) is 5.43 Å². The van der Waals surface area contributed by atoms with Crippen LogP contribution in [0.25, 0.3) is 0 Å². The molecule has 1 aromatic rings. The summed E-state index contributed by atoms with van der Waals surface area (Å²) in [6, 6.07) is 3.71. The Balaban J connectivity index is 2.85. The van der Waals surface area contributed by atoms with Gasteiger partial charge in [-0.25, -0.2) is 4.39 Å². The number of hydrogen-bond donors (Lipinski definition) is 5. The third kappa shape index (κ3) is 3.38. The maximum Gasteiger partial charge on any atom is 0.220 e. The lowest BCUT2D eigenvalue weighted by Gasteiger charge is -2.17. The van der Waals surface area contributed by atoms with Crippen LogP contribution in [0.1, 0.15) is 18.1 Å². The first-order valence-corrected chi connectivity index (χ1v) is 4.86. The minimum absolute atomic E-state index is 0.0605. The normalized spacial score (nSPS) is 14.1. The molecule has 0 saturated heterocycles. The van der Waals surface area contributed by atoms with Gasteiger partial charge in [-0.2, -0.15) is 0 Å². The zero-order valence-corrected chi connectivity index (χ0v) is 8.93. The molecule has 2 atom stereocenters. The number of aliphatic hydroxyl groups is 2. The molecule has 1 aromatic carbocycles. The number of primary amides is 1. The van der Waals surface area contributed by atoms with E-state index in [2.05, 4.69) is 5.43 Å². The summed E-state index contributed by atoms with van der Waals surface area (Å²) in [4.78, 5) is 10.6. The van der Waals surface area contributed by atoms with Crippen molar-refractivity contribution in [3.05, 3.63) is 29.6 Å². The number of nitrogens with two attached hydrogens (primary N) is 2. The Morgan fingerprint density at radius 2 is 2.12 bits per heavy atom. The highest BCUT2D eigenvalue weighted by Gasteiger charge is 2.21. The zero-order valence-electron chi connectivity index (χ0n) is 8.93. The molecule has 2 unspecified atom stereocenters. The van der Waals surface area contributed by atoms with Gasteiger partial charge in [0.25, 0.3) is 0 Å². The summed E-state index contributed by atoms with van der Waals surface area (Å²) in [5.41, 5.74) is 7.20. The van der Waals surface area contributed by atoms with Crippen molar-refractivity contribution in [1.29, 1.82) is 0 Å². The predicted molar refractivity (Wildman–Crippen MR) is 59.0 cm³/mol. The second-order valence-corrected chi connectivity index (χ2v) is 3.57. The van der Waals surface area contributed by atoms with Crippen molar-refractivity contribution < 1.29 is 19.4 Å². The molecular formula is C10H14FN3O3. The molecule has 94 valence electrons. The van der Waals surface area contributed by atoms with E-state index in [1.807, 2.05) is 0 Å². The Labute approximate surface area is 97.0 Å². The molecule has 0 radical (unpaired) electrons. The molecule has 0 aliphatic carbocycles. The molecule has 0 bridgehead atoms. The van der Waals surface area contributed by atoms with Crippen LogP contribution in [0.4, 0.5) is 10.1 Å². The number of amides is 1. The molecule has 0 aliphatic heterocycles. The van der Waals surface area contributed by atoms with E-state index in [4.69, 9.17) is 11.6 Å². The molecule has 0 heterocycles. The Hall–Kier alpha value is -1.70. The lowest BCUT2D eigenvalue weighted by Crippen LogP contribution is -2.25. The van der Waals surface area contributed by atoms with Crippen molar-refractivity contribution in [1.82, 2.24) is 0 Å². The number of benzene rings is 1. The monoisotopic (exact) mass is 243 g/mol. The average molecular weight is 243 g/mol. The molecule has 1 rings (SSSR count). The van der Waals surface area contributed by atoms with Gasteiger partial charge in [-0.05, 0) is 17.7 Å². The predicted octanol–water partition coefficient (Wildman–Crippen LogP) is -0.619. The third-order valence-corrected chi connectivity index (χ3v) is 2.26. The fraction of sp³-hybridized carbons (Fsp3) is 0.300. The largest absolute Gasteiger partial charge is 0.390 e. The van der Waals surface area contributed by atoms with Gasteiger partial charge in [-0.1, -0.05) is 6.07 Å². The standard InChI is InChI=1S/C10H14FN3O3/c11-6-3-5(1-2-7(6)14-13)10(17)8(15)4-9(12)16/h1-3,8,10,14-15,17H,4,13H2,(H2,12,16). The molecule has 0 saturated carbocycles. The fourth-order valence-electron chi connectivity index (χ4n) is 1.37. The second kappa shape index (κ2) is 5.58. The number of nitrogen functional groups attached to an aromatic ring is 1. The molecule has 0 fully saturated rings. The van der Waals surface area contributed by atoms with E-state index in [0.717, 1.165) is 6.07 Å². The maximum atomic E-state index is 13.3. The summed E-state index contributed by atoms with van der Waals surface area (Å²) >= 11 is 0. The summed E-state index contributed by atoms with van der Waals surface area (Å²) in [6.07, 6.45) is -3.16. The maximum absolute atomic E-state index is 13.3. The lowest BCUT2D eigenvalue weighted by atomic mass is 10.0. The molecule has 7 heteroatoms. The summed E-state index contributed by atoms with van der Waals surface area (Å²) in [7, 11) is 0. The summed E-state index contributed by atoms with van der Waals surface area (Å²) in [6.45, 7) is 0. The summed E-state index contributed by atoms with van der Waals surface area (Å²) in [5, 5.41) is 19.1. The van der Waals surface area contributed by atoms with Gasteiger partial charge in [0.1, 0.15) is 11.9 Å². The van der Waals surface area contributed by atoms with Crippen LogP contribution < -0.4 is 17.0 Å². The van der Waals surface area contributed by atoms with Crippen LogP contribution in [0, 0.1) is 5.82 Å². The first kappa shape index (κ1) is 13.4. The highest BCUT2D eigenvalue weighted by Crippen LogP contribution is 2.23. The number of carbonyl (C=O) groups excluding carboxylic acids is 1. The molecule has 17 heavy (non-hydrogen) atoms. The van der Waals surface area contributed by atoms with Crippen LogP contribution in [0.2, 0.25) is 0 Å². The number of hydrazine groups is 1. The van der Waals surface area contributed by atoms with Crippen LogP contribution in [-0.4, -0.2) is 22.2 Å². The topological polar surface area (TPSA) is 122 Å². The Bertz CT molecular complexity index is 414. The Kier molecular flexibility index (Phi) is 4.38. The number of halogens is 1. The summed E-state index contributed by atoms with van der Waals surface area (Å²) < 4.78 is 13.3. The molecule has 0 aliphatic rings. The van der Waals surface area contributed by atoms with Gasteiger partial charge in [0, 0.05) is 0 Å². The second-order valence-electron chi connectivity index (χ2n) is 3.57. The van der Waals surface area contributed by atoms with E-state index in [1.54, 1.807) is 0 Å². The molecule has 7 N–H and O–H groups in total. The van der Waals surface area contributed by atoms with Gasteiger partial charge in [-0.15, -0.1) is 0 Å². The van der Waals surface area contributed by atoms with Gasteiger partial charge >= 0.3 is 0 Å². The van der Waals surface area contributed by atoms with Crippen molar-refractivity contribution >= 4 is 11.6 Å². The molecule has 0 aromatic heterocycles. The van der Waals surface area contributed by atoms with Gasteiger partial charge in [-0.3, -0.25) is 10.6 Å². The van der Waals surface area contributed by atoms with Crippen LogP contribution in [-0.2, 0) is 4.79 Å². The Morgan fingerprint density at radius 1 is 1.47 bits per heavy atom. The van der Waals surface area contributed by atoms with Crippen molar-refractivity contribution in [2.45, 2.75) is 18.6 Å². The molecular weight excluding hydrogens is 229 g/mol. The van der Waals surface area contributed by atoms with Crippen LogP contribution in [0.3, 0.4) is 0 Å². The van der Waals surface area contributed by atoms with E-state index in [9.17, 15) is 19.4 Å². The van der Waals surface area contributed by atoms with Crippen LogP contribution >= 0.6 is 0 Å². The van der Waals surface area contributed by atoms with E-state index < -0.39 is 30.4 Å².